The van der Waals surface area contributed by atoms with Crippen LogP contribution in [0.2, 0.25) is 0 Å². The normalized spacial score (nSPS) is 10.5. The number of aromatic hydroxyl groups is 2. The fraction of sp³-hybridized carbons (Fsp3) is 0.148. The van der Waals surface area contributed by atoms with Gasteiger partial charge < -0.3 is 15.9 Å². The molecule has 0 aliphatic carbocycles. The summed E-state index contributed by atoms with van der Waals surface area (Å²) < 4.78 is 1.53. The standard InChI is InChI=1S/C20H20N2O2.C7H7NO2/c1-13(2)15-8-10-16(11-9-15)22-19(24)12-14(3)21-20(22)17-6-4-5-7-18(17)23;8-7(10)5-3-1-2-4-6(5)9/h4-13,23H,1-3H3;1-4,9H,(H2,8,10). The van der Waals surface area contributed by atoms with Gasteiger partial charge in [0.05, 0.1) is 16.8 Å². The zero-order chi connectivity index (χ0) is 24.8. The monoisotopic (exact) mass is 457 g/mol. The van der Waals surface area contributed by atoms with E-state index in [0.29, 0.717) is 23.0 Å². The van der Waals surface area contributed by atoms with Crippen molar-refractivity contribution in [3.05, 3.63) is 106 Å². The Morgan fingerprint density at radius 2 is 1.50 bits per heavy atom. The molecule has 0 aliphatic rings. The van der Waals surface area contributed by atoms with Gasteiger partial charge >= 0.3 is 0 Å². The van der Waals surface area contributed by atoms with Crippen LogP contribution in [0.15, 0.2) is 83.7 Å². The van der Waals surface area contributed by atoms with Crippen molar-refractivity contribution in [1.82, 2.24) is 9.55 Å². The van der Waals surface area contributed by atoms with E-state index in [1.807, 2.05) is 30.3 Å². The van der Waals surface area contributed by atoms with Gasteiger partial charge in [0.25, 0.3) is 11.5 Å². The summed E-state index contributed by atoms with van der Waals surface area (Å²) in [5.74, 6) is 0.274. The molecule has 0 fully saturated rings. The average Bonchev–Trinajstić information content (AvgIpc) is 2.79. The molecule has 4 N–H and O–H groups in total. The maximum Gasteiger partial charge on any atom is 0.258 e. The number of primary amides is 1. The predicted octanol–water partition coefficient (Wildman–Crippen LogP) is 4.53. The largest absolute Gasteiger partial charge is 0.507 e. The van der Waals surface area contributed by atoms with E-state index in [-0.39, 0.29) is 22.6 Å². The Bertz CT molecular complexity index is 1360. The maximum absolute atomic E-state index is 12.6. The Labute approximate surface area is 197 Å². The van der Waals surface area contributed by atoms with Crippen LogP contribution in [0.1, 0.15) is 41.4 Å². The van der Waals surface area contributed by atoms with Crippen molar-refractivity contribution in [3.8, 4) is 28.6 Å². The van der Waals surface area contributed by atoms with Gasteiger partial charge in [0.15, 0.2) is 5.82 Å². The van der Waals surface area contributed by atoms with Crippen molar-refractivity contribution < 1.29 is 15.0 Å². The molecule has 1 amide bonds. The first-order valence-corrected chi connectivity index (χ1v) is 10.8. The molecule has 174 valence electrons. The Morgan fingerprint density at radius 3 is 2.03 bits per heavy atom. The molecule has 0 bridgehead atoms. The quantitative estimate of drug-likeness (QED) is 0.416. The highest BCUT2D eigenvalue weighted by Crippen LogP contribution is 2.28. The summed E-state index contributed by atoms with van der Waals surface area (Å²) in [5.41, 5.74) is 7.99. The molecule has 0 atom stereocenters. The number of carbonyl (C=O) groups excluding carboxylic acids is 1. The van der Waals surface area contributed by atoms with Crippen molar-refractivity contribution >= 4 is 5.91 Å². The number of nitrogens with two attached hydrogens (primary N) is 1. The third kappa shape index (κ3) is 5.50. The van der Waals surface area contributed by atoms with Gasteiger partial charge in [0, 0.05) is 11.8 Å². The number of rotatable bonds is 4. The third-order valence-electron chi connectivity index (χ3n) is 5.18. The number of aromatic nitrogens is 2. The number of nitrogens with zero attached hydrogens (tertiary/aromatic N) is 2. The van der Waals surface area contributed by atoms with Crippen LogP contribution in [0, 0.1) is 6.92 Å². The molecule has 0 saturated carbocycles. The molecule has 0 radical (unpaired) electrons. The third-order valence-corrected chi connectivity index (χ3v) is 5.18. The lowest BCUT2D eigenvalue weighted by Gasteiger charge is -2.15. The van der Waals surface area contributed by atoms with Gasteiger partial charge in [-0.25, -0.2) is 4.98 Å². The van der Waals surface area contributed by atoms with E-state index in [0.717, 1.165) is 5.69 Å². The number of phenolic OH excluding ortho intramolecular Hbond substituents is 1. The molecule has 0 unspecified atom stereocenters. The molecule has 0 aliphatic heterocycles. The number of hydrogen-bond donors (Lipinski definition) is 3. The summed E-state index contributed by atoms with van der Waals surface area (Å²) >= 11 is 0. The molecule has 3 aromatic carbocycles. The van der Waals surface area contributed by atoms with Crippen LogP contribution in [0.3, 0.4) is 0 Å². The first-order valence-electron chi connectivity index (χ1n) is 10.8. The van der Waals surface area contributed by atoms with E-state index in [1.165, 1.54) is 28.3 Å². The van der Waals surface area contributed by atoms with Crippen LogP contribution in [0.4, 0.5) is 0 Å². The van der Waals surface area contributed by atoms with Crippen LogP contribution < -0.4 is 11.3 Å². The fourth-order valence-corrected chi connectivity index (χ4v) is 3.38. The Hall–Kier alpha value is -4.39. The number of carbonyl (C=O) groups is 1. The second kappa shape index (κ2) is 10.5. The summed E-state index contributed by atoms with van der Waals surface area (Å²) in [4.78, 5) is 27.6. The minimum absolute atomic E-state index is 0.0741. The van der Waals surface area contributed by atoms with Crippen LogP contribution in [-0.2, 0) is 0 Å². The second-order valence-electron chi connectivity index (χ2n) is 8.04. The zero-order valence-corrected chi connectivity index (χ0v) is 19.3. The van der Waals surface area contributed by atoms with Crippen LogP contribution in [0.5, 0.6) is 11.5 Å². The number of benzene rings is 3. The van der Waals surface area contributed by atoms with E-state index in [2.05, 4.69) is 18.8 Å². The lowest BCUT2D eigenvalue weighted by atomic mass is 10.0. The highest BCUT2D eigenvalue weighted by atomic mass is 16.3. The molecule has 1 aromatic heterocycles. The van der Waals surface area contributed by atoms with E-state index in [1.54, 1.807) is 37.3 Å². The lowest BCUT2D eigenvalue weighted by molar-refractivity contribution is 0.0997. The van der Waals surface area contributed by atoms with Crippen molar-refractivity contribution in [2.75, 3.05) is 0 Å². The van der Waals surface area contributed by atoms with Crippen molar-refractivity contribution in [3.63, 3.8) is 0 Å². The van der Waals surface area contributed by atoms with Gasteiger partial charge in [-0.3, -0.25) is 14.2 Å². The van der Waals surface area contributed by atoms with E-state index in [4.69, 9.17) is 10.8 Å². The van der Waals surface area contributed by atoms with E-state index < -0.39 is 5.91 Å². The lowest BCUT2D eigenvalue weighted by Crippen LogP contribution is -2.21. The highest BCUT2D eigenvalue weighted by molar-refractivity contribution is 5.95. The number of para-hydroxylation sites is 2. The van der Waals surface area contributed by atoms with Gasteiger partial charge in [-0.1, -0.05) is 50.2 Å². The smallest absolute Gasteiger partial charge is 0.258 e. The van der Waals surface area contributed by atoms with Gasteiger partial charge in [-0.2, -0.15) is 0 Å². The van der Waals surface area contributed by atoms with Crippen LogP contribution >= 0.6 is 0 Å². The maximum atomic E-state index is 12.6. The van der Waals surface area contributed by atoms with Crippen molar-refractivity contribution in [2.24, 2.45) is 5.73 Å². The summed E-state index contributed by atoms with van der Waals surface area (Å²) in [7, 11) is 0. The van der Waals surface area contributed by atoms with Gasteiger partial charge in [-0.15, -0.1) is 0 Å². The molecule has 34 heavy (non-hydrogen) atoms. The van der Waals surface area contributed by atoms with Gasteiger partial charge in [0.1, 0.15) is 11.5 Å². The second-order valence-corrected chi connectivity index (χ2v) is 8.04. The van der Waals surface area contributed by atoms with Gasteiger partial charge in [-0.05, 0) is 54.8 Å². The summed E-state index contributed by atoms with van der Waals surface area (Å²) in [5, 5.41) is 19.2. The Balaban J connectivity index is 0.000000271. The van der Waals surface area contributed by atoms with Gasteiger partial charge in [0.2, 0.25) is 0 Å². The number of amides is 1. The Kier molecular flexibility index (Phi) is 7.48. The number of phenols is 2. The van der Waals surface area contributed by atoms with Crippen molar-refractivity contribution in [2.45, 2.75) is 26.7 Å². The zero-order valence-electron chi connectivity index (χ0n) is 19.3. The van der Waals surface area contributed by atoms with Crippen LogP contribution in [-0.4, -0.2) is 25.7 Å². The number of hydrogen-bond acceptors (Lipinski definition) is 5. The fourth-order valence-electron chi connectivity index (χ4n) is 3.38. The molecule has 7 nitrogen and oxygen atoms in total. The molecule has 0 saturated heterocycles. The first-order chi connectivity index (χ1) is 16.2. The highest BCUT2D eigenvalue weighted by Gasteiger charge is 2.14. The van der Waals surface area contributed by atoms with E-state index >= 15 is 0 Å². The topological polar surface area (TPSA) is 118 Å². The molecule has 4 aromatic rings. The van der Waals surface area contributed by atoms with Crippen LogP contribution in [0.25, 0.3) is 17.1 Å². The minimum atomic E-state index is -0.613. The Morgan fingerprint density at radius 1 is 0.912 bits per heavy atom. The summed E-state index contributed by atoms with van der Waals surface area (Å²) in [6, 6.07) is 22.4. The molecule has 7 heteroatoms. The molecule has 4 rings (SSSR count). The van der Waals surface area contributed by atoms with E-state index in [9.17, 15) is 14.7 Å². The minimum Gasteiger partial charge on any atom is -0.507 e. The first kappa shape index (κ1) is 24.3. The molecule has 1 heterocycles. The molecule has 0 spiro atoms. The average molecular weight is 458 g/mol. The number of aryl methyl sites for hydroxylation is 1. The van der Waals surface area contributed by atoms with Crippen molar-refractivity contribution in [1.29, 1.82) is 0 Å². The summed E-state index contributed by atoms with van der Waals surface area (Å²) in [6.45, 7) is 6.03. The summed E-state index contributed by atoms with van der Waals surface area (Å²) in [6.07, 6.45) is 0. The predicted molar refractivity (Wildman–Crippen MR) is 132 cm³/mol. The SMILES string of the molecule is Cc1cc(=O)n(-c2ccc(C(C)C)cc2)c(-c2ccccc2O)n1.NC(=O)c1ccccc1O. The molecular weight excluding hydrogens is 430 g/mol. The molecular formula is C27H27N3O4.